The van der Waals surface area contributed by atoms with Gasteiger partial charge in [0.15, 0.2) is 0 Å². The van der Waals surface area contributed by atoms with Crippen molar-refractivity contribution in [1.29, 1.82) is 0 Å². The molecule has 0 spiro atoms. The molecule has 2 aromatic rings. The van der Waals surface area contributed by atoms with Crippen molar-refractivity contribution in [2.75, 3.05) is 40.3 Å². The Morgan fingerprint density at radius 2 is 1.81 bits per heavy atom. The molecule has 1 aromatic heterocycles. The van der Waals surface area contributed by atoms with Crippen LogP contribution in [0, 0.1) is 0 Å². The molecule has 0 bridgehead atoms. The van der Waals surface area contributed by atoms with E-state index in [0.717, 1.165) is 50.1 Å². The van der Waals surface area contributed by atoms with E-state index in [2.05, 4.69) is 9.47 Å². The van der Waals surface area contributed by atoms with Crippen LogP contribution in [-0.4, -0.2) is 84.3 Å². The predicted octanol–water partition coefficient (Wildman–Crippen LogP) is 2.33. The van der Waals surface area contributed by atoms with Crippen LogP contribution in [0.25, 0.3) is 11.0 Å². The fourth-order valence-corrected chi connectivity index (χ4v) is 5.98. The largest absolute Gasteiger partial charge is 0.340 e. The van der Waals surface area contributed by atoms with E-state index in [4.69, 9.17) is 4.98 Å². The first-order valence-corrected chi connectivity index (χ1v) is 13.2. The van der Waals surface area contributed by atoms with E-state index in [0.29, 0.717) is 18.4 Å². The smallest absolute Gasteiger partial charge is 0.242 e. The van der Waals surface area contributed by atoms with Crippen LogP contribution in [0.4, 0.5) is 0 Å². The molecular formula is C23H35N5O3S. The highest BCUT2D eigenvalue weighted by atomic mass is 32.2. The number of aromatic nitrogens is 2. The topological polar surface area (TPSA) is 78.8 Å². The lowest BCUT2D eigenvalue weighted by Crippen LogP contribution is -2.51. The van der Waals surface area contributed by atoms with Crippen LogP contribution >= 0.6 is 0 Å². The molecule has 1 aliphatic carbocycles. The minimum Gasteiger partial charge on any atom is -0.340 e. The van der Waals surface area contributed by atoms with Gasteiger partial charge in [0.25, 0.3) is 0 Å². The number of sulfonamides is 1. The molecule has 0 radical (unpaired) electrons. The molecule has 2 aliphatic rings. The molecule has 4 rings (SSSR count). The van der Waals surface area contributed by atoms with E-state index in [9.17, 15) is 13.2 Å². The van der Waals surface area contributed by atoms with Crippen LogP contribution in [-0.2, 0) is 27.8 Å². The lowest BCUT2D eigenvalue weighted by Gasteiger charge is -2.38. The number of hydrogen-bond donors (Lipinski definition) is 0. The Morgan fingerprint density at radius 3 is 2.44 bits per heavy atom. The van der Waals surface area contributed by atoms with E-state index >= 15 is 0 Å². The van der Waals surface area contributed by atoms with Crippen LogP contribution in [0.5, 0.6) is 0 Å². The van der Waals surface area contributed by atoms with Gasteiger partial charge in [-0.1, -0.05) is 12.8 Å². The Balaban J connectivity index is 1.42. The molecule has 1 amide bonds. The molecule has 9 heteroatoms. The summed E-state index contributed by atoms with van der Waals surface area (Å²) < 4.78 is 28.2. The number of amides is 1. The van der Waals surface area contributed by atoms with Crippen molar-refractivity contribution in [2.24, 2.45) is 0 Å². The van der Waals surface area contributed by atoms with Gasteiger partial charge >= 0.3 is 0 Å². The van der Waals surface area contributed by atoms with Crippen molar-refractivity contribution in [1.82, 2.24) is 23.7 Å². The molecule has 1 aromatic carbocycles. The first kappa shape index (κ1) is 23.2. The van der Waals surface area contributed by atoms with Gasteiger partial charge in [-0.2, -0.15) is 0 Å². The first-order chi connectivity index (χ1) is 15.3. The normalized spacial score (nSPS) is 18.8. The van der Waals surface area contributed by atoms with Gasteiger partial charge in [0.2, 0.25) is 15.9 Å². The first-order valence-electron chi connectivity index (χ1n) is 11.7. The van der Waals surface area contributed by atoms with Crippen molar-refractivity contribution in [2.45, 2.75) is 62.9 Å². The highest BCUT2D eigenvalue weighted by Crippen LogP contribution is 2.25. The quantitative estimate of drug-likeness (QED) is 0.632. The van der Waals surface area contributed by atoms with Gasteiger partial charge in [0, 0.05) is 65.7 Å². The molecule has 1 saturated heterocycles. The average Bonchev–Trinajstić information content (AvgIpc) is 3.44. The Kier molecular flexibility index (Phi) is 6.88. The second-order valence-corrected chi connectivity index (χ2v) is 11.2. The van der Waals surface area contributed by atoms with Crippen molar-refractivity contribution in [3.63, 3.8) is 0 Å². The minimum atomic E-state index is -3.51. The summed E-state index contributed by atoms with van der Waals surface area (Å²) in [5.74, 6) is 1.02. The monoisotopic (exact) mass is 461 g/mol. The standard InChI is InChI=1S/C23H35N5O3S/c1-4-28-21-10-9-19(32(30,31)25(2)3)17-20(21)24-22(28)11-12-23(29)27-15-13-26(14-16-27)18-7-5-6-8-18/h9-10,17-18H,4-8,11-16H2,1-3H3. The number of benzene rings is 1. The number of carbonyl (C=O) groups excluding carboxylic acids is 1. The summed E-state index contributed by atoms with van der Waals surface area (Å²) in [7, 11) is -0.465. The predicted molar refractivity (Wildman–Crippen MR) is 125 cm³/mol. The van der Waals surface area contributed by atoms with Crippen molar-refractivity contribution < 1.29 is 13.2 Å². The summed E-state index contributed by atoms with van der Waals surface area (Å²) in [6.45, 7) is 6.34. The number of imidazole rings is 1. The zero-order valence-electron chi connectivity index (χ0n) is 19.5. The Bertz CT molecular complexity index is 1060. The number of aryl methyl sites for hydroxylation is 2. The van der Waals surface area contributed by atoms with Gasteiger partial charge in [-0.25, -0.2) is 17.7 Å². The molecule has 8 nitrogen and oxygen atoms in total. The highest BCUT2D eigenvalue weighted by Gasteiger charge is 2.28. The zero-order chi connectivity index (χ0) is 22.9. The maximum Gasteiger partial charge on any atom is 0.242 e. The Morgan fingerprint density at radius 1 is 1.12 bits per heavy atom. The summed E-state index contributed by atoms with van der Waals surface area (Å²) in [4.78, 5) is 22.3. The van der Waals surface area contributed by atoms with Gasteiger partial charge in [0.05, 0.1) is 15.9 Å². The fourth-order valence-electron chi connectivity index (χ4n) is 5.06. The van der Waals surface area contributed by atoms with Gasteiger partial charge in [0.1, 0.15) is 5.82 Å². The molecule has 1 aliphatic heterocycles. The molecular weight excluding hydrogens is 426 g/mol. The van der Waals surface area contributed by atoms with Crippen molar-refractivity contribution in [3.8, 4) is 0 Å². The molecule has 0 atom stereocenters. The number of hydrogen-bond acceptors (Lipinski definition) is 5. The summed E-state index contributed by atoms with van der Waals surface area (Å²) in [5.41, 5.74) is 1.56. The van der Waals surface area contributed by atoms with Crippen LogP contribution < -0.4 is 0 Å². The summed E-state index contributed by atoms with van der Waals surface area (Å²) >= 11 is 0. The SMILES string of the molecule is CCn1c(CCC(=O)N2CCN(C3CCCC3)CC2)nc2cc(S(=O)(=O)N(C)C)ccc21. The molecule has 2 heterocycles. The number of piperazine rings is 1. The summed E-state index contributed by atoms with van der Waals surface area (Å²) in [6.07, 6.45) is 6.27. The minimum absolute atomic E-state index is 0.182. The number of rotatable bonds is 7. The third kappa shape index (κ3) is 4.56. The van der Waals surface area contributed by atoms with Crippen LogP contribution in [0.2, 0.25) is 0 Å². The van der Waals surface area contributed by atoms with E-state index in [1.54, 1.807) is 12.1 Å². The van der Waals surface area contributed by atoms with E-state index in [-0.39, 0.29) is 10.8 Å². The maximum absolute atomic E-state index is 12.9. The van der Waals surface area contributed by atoms with Gasteiger partial charge < -0.3 is 9.47 Å². The lowest BCUT2D eigenvalue weighted by atomic mass is 10.1. The molecule has 32 heavy (non-hydrogen) atoms. The lowest BCUT2D eigenvalue weighted by molar-refractivity contribution is -0.133. The number of fused-ring (bicyclic) bond motifs is 1. The Hall–Kier alpha value is -1.97. The van der Waals surface area contributed by atoms with Crippen LogP contribution in [0.3, 0.4) is 0 Å². The van der Waals surface area contributed by atoms with Crippen LogP contribution in [0.1, 0.15) is 44.9 Å². The van der Waals surface area contributed by atoms with Gasteiger partial charge in [-0.15, -0.1) is 0 Å². The fraction of sp³-hybridized carbons (Fsp3) is 0.652. The summed E-state index contributed by atoms with van der Waals surface area (Å²) in [6, 6.07) is 5.79. The maximum atomic E-state index is 12.9. The second-order valence-electron chi connectivity index (χ2n) is 9.07. The van der Waals surface area contributed by atoms with E-state index in [1.807, 2.05) is 17.9 Å². The van der Waals surface area contributed by atoms with Gasteiger partial charge in [-0.3, -0.25) is 9.69 Å². The second kappa shape index (κ2) is 9.49. The third-order valence-electron chi connectivity index (χ3n) is 6.96. The zero-order valence-corrected chi connectivity index (χ0v) is 20.3. The summed E-state index contributed by atoms with van der Waals surface area (Å²) in [5, 5.41) is 0. The van der Waals surface area contributed by atoms with Crippen LogP contribution in [0.15, 0.2) is 23.1 Å². The number of carbonyl (C=O) groups is 1. The van der Waals surface area contributed by atoms with Crippen molar-refractivity contribution >= 4 is 27.0 Å². The molecule has 176 valence electrons. The highest BCUT2D eigenvalue weighted by molar-refractivity contribution is 7.89. The molecule has 1 saturated carbocycles. The Labute approximate surface area is 191 Å². The number of nitrogens with zero attached hydrogens (tertiary/aromatic N) is 5. The molecule has 2 fully saturated rings. The average molecular weight is 462 g/mol. The third-order valence-corrected chi connectivity index (χ3v) is 8.78. The van der Waals surface area contributed by atoms with E-state index in [1.165, 1.54) is 44.1 Å². The van der Waals surface area contributed by atoms with Crippen molar-refractivity contribution in [3.05, 3.63) is 24.0 Å². The molecule has 0 unspecified atom stereocenters. The molecule has 0 N–H and O–H groups in total. The van der Waals surface area contributed by atoms with Gasteiger partial charge in [-0.05, 0) is 38.0 Å². The van der Waals surface area contributed by atoms with E-state index < -0.39 is 10.0 Å².